The molecule has 0 aliphatic rings. The van der Waals surface area contributed by atoms with E-state index >= 15 is 0 Å². The van der Waals surface area contributed by atoms with Gasteiger partial charge in [-0.25, -0.2) is 9.59 Å². The molecule has 0 rings (SSSR count). The van der Waals surface area contributed by atoms with Crippen molar-refractivity contribution in [2.45, 2.75) is 65.6 Å². The summed E-state index contributed by atoms with van der Waals surface area (Å²) in [7, 11) is 4.15. The first-order chi connectivity index (χ1) is 12.8. The Balaban J connectivity index is 3.69. The minimum absolute atomic E-state index is 0.366. The summed E-state index contributed by atoms with van der Waals surface area (Å²) in [6.45, 7) is 16.0. The maximum atomic E-state index is 11.6. The van der Waals surface area contributed by atoms with Gasteiger partial charge in [-0.2, -0.15) is 0 Å². The first-order valence-corrected chi connectivity index (χ1v) is 10.1. The van der Waals surface area contributed by atoms with E-state index in [2.05, 4.69) is 34.5 Å². The first kappa shape index (κ1) is 26.5. The van der Waals surface area contributed by atoms with Crippen LogP contribution in [0.3, 0.4) is 0 Å². The van der Waals surface area contributed by atoms with Crippen LogP contribution in [0.5, 0.6) is 0 Å². The number of likely N-dealkylation sites (N-methyl/N-ethyl adjacent to an activating group) is 2. The lowest BCUT2D eigenvalue weighted by Gasteiger charge is -2.23. The summed E-state index contributed by atoms with van der Waals surface area (Å²) in [6.07, 6.45) is 1.02. The van der Waals surface area contributed by atoms with E-state index in [4.69, 9.17) is 9.47 Å². The van der Waals surface area contributed by atoms with Gasteiger partial charge in [0.05, 0.1) is 0 Å². The molecule has 8 nitrogen and oxygen atoms in total. The highest BCUT2D eigenvalue weighted by Crippen LogP contribution is 2.07. The van der Waals surface area contributed by atoms with Gasteiger partial charge in [0.25, 0.3) is 0 Å². The lowest BCUT2D eigenvalue weighted by atomic mass is 10.2. The van der Waals surface area contributed by atoms with Gasteiger partial charge in [0, 0.05) is 26.2 Å². The van der Waals surface area contributed by atoms with E-state index in [1.165, 1.54) is 0 Å². The van der Waals surface area contributed by atoms with Crippen molar-refractivity contribution in [2.75, 3.05) is 53.4 Å². The molecule has 2 N–H and O–H groups in total. The lowest BCUT2D eigenvalue weighted by Crippen LogP contribution is -2.36. The van der Waals surface area contributed by atoms with Gasteiger partial charge in [-0.3, -0.25) is 0 Å². The fourth-order valence-electron chi connectivity index (χ4n) is 2.27. The monoisotopic (exact) mass is 402 g/mol. The molecule has 0 aliphatic heterocycles. The van der Waals surface area contributed by atoms with Crippen molar-refractivity contribution in [3.63, 3.8) is 0 Å². The van der Waals surface area contributed by atoms with Crippen molar-refractivity contribution < 1.29 is 19.1 Å². The standard InChI is InChI=1S/C20H42N4O4/c1-19(2,3)27-17(25)21-11-9-13-23(7)15-16-24(8)14-10-12-22-18(26)28-20(4,5)6/h9-16H2,1-8H3,(H,21,25)(H,22,26). The molecule has 0 saturated heterocycles. The summed E-state index contributed by atoms with van der Waals surface area (Å²) in [5.41, 5.74) is -0.929. The molecule has 0 bridgehead atoms. The molecule has 8 heteroatoms. The van der Waals surface area contributed by atoms with Crippen LogP contribution in [0.15, 0.2) is 0 Å². The van der Waals surface area contributed by atoms with Crippen LogP contribution in [-0.4, -0.2) is 86.6 Å². The van der Waals surface area contributed by atoms with E-state index < -0.39 is 11.2 Å². The third-order valence-electron chi connectivity index (χ3n) is 3.63. The minimum Gasteiger partial charge on any atom is -0.444 e. The Morgan fingerprint density at radius 3 is 1.29 bits per heavy atom. The van der Waals surface area contributed by atoms with Crippen LogP contribution in [0.1, 0.15) is 54.4 Å². The molecule has 0 aromatic heterocycles. The van der Waals surface area contributed by atoms with Crippen LogP contribution >= 0.6 is 0 Å². The summed E-state index contributed by atoms with van der Waals surface area (Å²) in [6, 6.07) is 0. The zero-order chi connectivity index (χ0) is 21.8. The Labute approximate surface area is 171 Å². The number of hydrogen-bond donors (Lipinski definition) is 2. The highest BCUT2D eigenvalue weighted by atomic mass is 16.6. The third kappa shape index (κ3) is 17.9. The van der Waals surface area contributed by atoms with Crippen molar-refractivity contribution >= 4 is 12.2 Å². The second-order valence-electron chi connectivity index (χ2n) is 9.17. The van der Waals surface area contributed by atoms with Gasteiger partial charge in [0.15, 0.2) is 0 Å². The molecule has 0 heterocycles. The van der Waals surface area contributed by atoms with Gasteiger partial charge >= 0.3 is 12.2 Å². The van der Waals surface area contributed by atoms with Crippen LogP contribution < -0.4 is 10.6 Å². The molecule has 0 aliphatic carbocycles. The van der Waals surface area contributed by atoms with Crippen molar-refractivity contribution in [1.82, 2.24) is 20.4 Å². The summed E-state index contributed by atoms with van der Waals surface area (Å²) in [5, 5.41) is 5.55. The summed E-state index contributed by atoms with van der Waals surface area (Å²) < 4.78 is 10.4. The third-order valence-corrected chi connectivity index (χ3v) is 3.63. The average Bonchev–Trinajstić information content (AvgIpc) is 2.50. The molecule has 0 aromatic carbocycles. The zero-order valence-corrected chi connectivity index (χ0v) is 19.2. The van der Waals surface area contributed by atoms with Crippen molar-refractivity contribution in [2.24, 2.45) is 0 Å². The smallest absolute Gasteiger partial charge is 0.407 e. The summed E-state index contributed by atoms with van der Waals surface area (Å²) in [4.78, 5) is 27.6. The molecular formula is C20H42N4O4. The predicted molar refractivity (Wildman–Crippen MR) is 113 cm³/mol. The van der Waals surface area contributed by atoms with Crippen LogP contribution in [0, 0.1) is 0 Å². The molecule has 0 radical (unpaired) electrons. The maximum absolute atomic E-state index is 11.6. The van der Waals surface area contributed by atoms with Crippen molar-refractivity contribution in [3.8, 4) is 0 Å². The predicted octanol–water partition coefficient (Wildman–Crippen LogP) is 2.68. The van der Waals surface area contributed by atoms with Crippen LogP contribution in [0.25, 0.3) is 0 Å². The number of rotatable bonds is 11. The van der Waals surface area contributed by atoms with Crippen molar-refractivity contribution in [3.05, 3.63) is 0 Å². The van der Waals surface area contributed by atoms with Crippen LogP contribution in [0.4, 0.5) is 9.59 Å². The molecule has 28 heavy (non-hydrogen) atoms. The van der Waals surface area contributed by atoms with Gasteiger partial charge in [-0.15, -0.1) is 0 Å². The van der Waals surface area contributed by atoms with E-state index in [-0.39, 0.29) is 12.2 Å². The van der Waals surface area contributed by atoms with E-state index in [1.807, 2.05) is 41.5 Å². The lowest BCUT2D eigenvalue weighted by molar-refractivity contribution is 0.0513. The molecule has 0 fully saturated rings. The number of amides is 2. The maximum Gasteiger partial charge on any atom is 0.407 e. The van der Waals surface area contributed by atoms with E-state index in [9.17, 15) is 9.59 Å². The molecule has 0 unspecified atom stereocenters. The zero-order valence-electron chi connectivity index (χ0n) is 19.2. The number of nitrogens with one attached hydrogen (secondary N) is 2. The number of hydrogen-bond acceptors (Lipinski definition) is 6. The number of nitrogens with zero attached hydrogens (tertiary/aromatic N) is 2. The number of alkyl carbamates (subject to hydrolysis) is 2. The van der Waals surface area contributed by atoms with Gasteiger partial charge < -0.3 is 29.9 Å². The van der Waals surface area contributed by atoms with E-state index in [0.29, 0.717) is 13.1 Å². The molecule has 166 valence electrons. The molecule has 0 aromatic rings. The van der Waals surface area contributed by atoms with Gasteiger partial charge in [-0.05, 0) is 81.6 Å². The number of carbonyl (C=O) groups excluding carboxylic acids is 2. The van der Waals surface area contributed by atoms with E-state index in [0.717, 1.165) is 39.0 Å². The van der Waals surface area contributed by atoms with Crippen LogP contribution in [0.2, 0.25) is 0 Å². The minimum atomic E-state index is -0.464. The first-order valence-electron chi connectivity index (χ1n) is 10.1. The SMILES string of the molecule is CN(CCCNC(=O)OC(C)(C)C)CCN(C)CCCNC(=O)OC(C)(C)C. The Morgan fingerprint density at radius 2 is 1.00 bits per heavy atom. The Kier molecular flexibility index (Phi) is 12.1. The van der Waals surface area contributed by atoms with Gasteiger partial charge in [-0.1, -0.05) is 0 Å². The summed E-state index contributed by atoms with van der Waals surface area (Å²) >= 11 is 0. The fraction of sp³-hybridized carbons (Fsp3) is 0.900. The number of ether oxygens (including phenoxy) is 2. The van der Waals surface area contributed by atoms with Gasteiger partial charge in [0.1, 0.15) is 11.2 Å². The normalized spacial score (nSPS) is 12.2. The van der Waals surface area contributed by atoms with Crippen LogP contribution in [-0.2, 0) is 9.47 Å². The summed E-state index contributed by atoms with van der Waals surface area (Å²) in [5.74, 6) is 0. The second kappa shape index (κ2) is 12.8. The fourth-order valence-corrected chi connectivity index (χ4v) is 2.27. The van der Waals surface area contributed by atoms with Crippen molar-refractivity contribution in [1.29, 1.82) is 0 Å². The largest absolute Gasteiger partial charge is 0.444 e. The number of carbonyl (C=O) groups is 2. The quantitative estimate of drug-likeness (QED) is 0.517. The molecule has 0 saturated carbocycles. The molecule has 0 atom stereocenters. The Bertz CT molecular complexity index is 416. The topological polar surface area (TPSA) is 83.1 Å². The molecule has 0 spiro atoms. The molecular weight excluding hydrogens is 360 g/mol. The Hall–Kier alpha value is -1.54. The average molecular weight is 403 g/mol. The highest BCUT2D eigenvalue weighted by molar-refractivity contribution is 5.67. The second-order valence-corrected chi connectivity index (χ2v) is 9.17. The van der Waals surface area contributed by atoms with E-state index in [1.54, 1.807) is 0 Å². The highest BCUT2D eigenvalue weighted by Gasteiger charge is 2.16. The Morgan fingerprint density at radius 1 is 0.679 bits per heavy atom. The molecule has 2 amide bonds. The van der Waals surface area contributed by atoms with Gasteiger partial charge in [0.2, 0.25) is 0 Å².